The summed E-state index contributed by atoms with van der Waals surface area (Å²) in [6.07, 6.45) is 1.69. The van der Waals surface area contributed by atoms with Crippen molar-refractivity contribution in [1.29, 1.82) is 0 Å². The topological polar surface area (TPSA) is 87.9 Å². The van der Waals surface area contributed by atoms with Crippen LogP contribution in [0.2, 0.25) is 5.15 Å². The minimum atomic E-state index is -0.431. The van der Waals surface area contributed by atoms with Crippen LogP contribution in [0.25, 0.3) is 0 Å². The summed E-state index contributed by atoms with van der Waals surface area (Å²) in [5.74, 6) is -0.302. The molecule has 0 saturated heterocycles. The number of anilines is 1. The van der Waals surface area contributed by atoms with E-state index >= 15 is 0 Å². The molecular formula is C13H13ClFN5O. The van der Waals surface area contributed by atoms with Gasteiger partial charge in [-0.2, -0.15) is 0 Å². The zero-order valence-electron chi connectivity index (χ0n) is 11.1. The van der Waals surface area contributed by atoms with E-state index in [1.54, 1.807) is 0 Å². The quantitative estimate of drug-likeness (QED) is 0.811. The number of aromatic nitrogens is 3. The van der Waals surface area contributed by atoms with Crippen molar-refractivity contribution in [2.24, 2.45) is 0 Å². The van der Waals surface area contributed by atoms with Crippen molar-refractivity contribution in [3.05, 3.63) is 50.4 Å². The fourth-order valence-corrected chi connectivity index (χ4v) is 2.61. The number of nitrogen functional groups attached to an aromatic ring is 1. The van der Waals surface area contributed by atoms with Crippen molar-refractivity contribution in [2.45, 2.75) is 19.5 Å². The molecule has 6 nitrogen and oxygen atoms in total. The van der Waals surface area contributed by atoms with Crippen LogP contribution >= 0.6 is 11.6 Å². The van der Waals surface area contributed by atoms with Gasteiger partial charge in [0, 0.05) is 31.6 Å². The number of aromatic amines is 1. The fraction of sp³-hybridized carbons (Fsp3) is 0.308. The van der Waals surface area contributed by atoms with E-state index in [9.17, 15) is 9.18 Å². The van der Waals surface area contributed by atoms with Crippen LogP contribution in [0.1, 0.15) is 16.8 Å². The molecule has 0 radical (unpaired) electrons. The smallest absolute Gasteiger partial charge is 0.257 e. The second-order valence-corrected chi connectivity index (χ2v) is 5.30. The lowest BCUT2D eigenvalue weighted by molar-refractivity contribution is 0.241. The molecule has 2 aromatic heterocycles. The van der Waals surface area contributed by atoms with Gasteiger partial charge in [-0.15, -0.1) is 0 Å². The van der Waals surface area contributed by atoms with Crippen LogP contribution in [-0.2, 0) is 19.5 Å². The molecule has 2 aromatic rings. The van der Waals surface area contributed by atoms with Crippen LogP contribution in [0, 0.1) is 5.82 Å². The first kappa shape index (κ1) is 14.0. The minimum absolute atomic E-state index is 0.129. The Hall–Kier alpha value is -1.99. The molecule has 1 aliphatic heterocycles. The second-order valence-electron chi connectivity index (χ2n) is 4.94. The van der Waals surface area contributed by atoms with Gasteiger partial charge in [0.2, 0.25) is 5.95 Å². The first-order chi connectivity index (χ1) is 10.0. The second kappa shape index (κ2) is 5.42. The molecule has 1 aliphatic rings. The Kier molecular flexibility index (Phi) is 3.60. The van der Waals surface area contributed by atoms with E-state index in [0.29, 0.717) is 37.2 Å². The molecule has 0 saturated carbocycles. The molecule has 110 valence electrons. The van der Waals surface area contributed by atoms with Gasteiger partial charge < -0.3 is 5.73 Å². The number of H-pyrrole nitrogens is 1. The van der Waals surface area contributed by atoms with Crippen LogP contribution in [0.4, 0.5) is 10.3 Å². The van der Waals surface area contributed by atoms with E-state index in [0.717, 1.165) is 11.9 Å². The van der Waals surface area contributed by atoms with Crippen LogP contribution in [-0.4, -0.2) is 26.4 Å². The van der Waals surface area contributed by atoms with Crippen molar-refractivity contribution in [1.82, 2.24) is 19.9 Å². The van der Waals surface area contributed by atoms with E-state index in [-0.39, 0.29) is 16.7 Å². The standard InChI is InChI=1S/C13H13ClFN5O/c14-11-7(3-8(15)4-17-11)5-20-2-1-10-9(6-20)12(21)19-13(16)18-10/h3-4H,1-2,5-6H2,(H3,16,18,19,21). The van der Waals surface area contributed by atoms with Gasteiger partial charge in [0.25, 0.3) is 5.56 Å². The predicted octanol–water partition coefficient (Wildman–Crippen LogP) is 1.10. The maximum atomic E-state index is 13.2. The van der Waals surface area contributed by atoms with E-state index in [1.165, 1.54) is 6.07 Å². The first-order valence-corrected chi connectivity index (χ1v) is 6.80. The molecule has 0 fully saturated rings. The number of hydrogen-bond donors (Lipinski definition) is 2. The Balaban J connectivity index is 1.83. The highest BCUT2D eigenvalue weighted by molar-refractivity contribution is 6.30. The largest absolute Gasteiger partial charge is 0.369 e. The molecule has 0 aromatic carbocycles. The van der Waals surface area contributed by atoms with Crippen LogP contribution in [0.15, 0.2) is 17.1 Å². The van der Waals surface area contributed by atoms with E-state index < -0.39 is 5.82 Å². The SMILES string of the molecule is Nc1nc2c(c(=O)[nH]1)CN(Cc1cc(F)cnc1Cl)CC2. The molecule has 3 N–H and O–H groups in total. The van der Waals surface area contributed by atoms with Crippen LogP contribution in [0.5, 0.6) is 0 Å². The highest BCUT2D eigenvalue weighted by atomic mass is 35.5. The minimum Gasteiger partial charge on any atom is -0.369 e. The zero-order valence-corrected chi connectivity index (χ0v) is 11.8. The lowest BCUT2D eigenvalue weighted by atomic mass is 10.1. The molecular weight excluding hydrogens is 297 g/mol. The van der Waals surface area contributed by atoms with Crippen molar-refractivity contribution in [2.75, 3.05) is 12.3 Å². The van der Waals surface area contributed by atoms with Crippen molar-refractivity contribution in [3.8, 4) is 0 Å². The molecule has 0 bridgehead atoms. The van der Waals surface area contributed by atoms with Gasteiger partial charge in [-0.05, 0) is 6.07 Å². The predicted molar refractivity (Wildman–Crippen MR) is 76.3 cm³/mol. The highest BCUT2D eigenvalue weighted by Crippen LogP contribution is 2.20. The van der Waals surface area contributed by atoms with Crippen LogP contribution in [0.3, 0.4) is 0 Å². The number of nitrogens with one attached hydrogen (secondary N) is 1. The Morgan fingerprint density at radius 1 is 1.52 bits per heavy atom. The molecule has 0 atom stereocenters. The van der Waals surface area contributed by atoms with Gasteiger partial charge in [-0.25, -0.2) is 14.4 Å². The maximum Gasteiger partial charge on any atom is 0.257 e. The van der Waals surface area contributed by atoms with Crippen molar-refractivity contribution >= 4 is 17.5 Å². The Bertz CT molecular complexity index is 748. The summed E-state index contributed by atoms with van der Waals surface area (Å²) in [5.41, 5.74) is 7.21. The molecule has 0 aliphatic carbocycles. The normalized spacial score (nSPS) is 15.0. The number of rotatable bonds is 2. The van der Waals surface area contributed by atoms with Gasteiger partial charge in [-0.3, -0.25) is 14.7 Å². The maximum absolute atomic E-state index is 13.2. The lowest BCUT2D eigenvalue weighted by Gasteiger charge is -2.27. The summed E-state index contributed by atoms with van der Waals surface area (Å²) in [6.45, 7) is 1.54. The third kappa shape index (κ3) is 2.88. The van der Waals surface area contributed by atoms with E-state index in [4.69, 9.17) is 17.3 Å². The van der Waals surface area contributed by atoms with Gasteiger partial charge in [0.05, 0.1) is 17.5 Å². The van der Waals surface area contributed by atoms with Gasteiger partial charge in [0.1, 0.15) is 11.0 Å². The van der Waals surface area contributed by atoms with Crippen LogP contribution < -0.4 is 11.3 Å². The van der Waals surface area contributed by atoms with E-state index in [2.05, 4.69) is 15.0 Å². The van der Waals surface area contributed by atoms with Gasteiger partial charge >= 0.3 is 0 Å². The average Bonchev–Trinajstić information content (AvgIpc) is 2.43. The molecule has 8 heteroatoms. The zero-order chi connectivity index (χ0) is 15.0. The molecule has 3 heterocycles. The summed E-state index contributed by atoms with van der Waals surface area (Å²) >= 11 is 5.97. The molecule has 0 spiro atoms. The van der Waals surface area contributed by atoms with Gasteiger partial charge in [0.15, 0.2) is 0 Å². The summed E-state index contributed by atoms with van der Waals surface area (Å²) in [5, 5.41) is 0.270. The van der Waals surface area contributed by atoms with E-state index in [1.807, 2.05) is 4.90 Å². The average molecular weight is 310 g/mol. The summed E-state index contributed by atoms with van der Waals surface area (Å²) in [6, 6.07) is 1.36. The Morgan fingerprint density at radius 3 is 3.14 bits per heavy atom. The third-order valence-corrected chi connectivity index (χ3v) is 3.78. The third-order valence-electron chi connectivity index (χ3n) is 3.44. The lowest BCUT2D eigenvalue weighted by Crippen LogP contribution is -2.35. The Morgan fingerprint density at radius 2 is 2.33 bits per heavy atom. The van der Waals surface area contributed by atoms with Crippen molar-refractivity contribution < 1.29 is 4.39 Å². The number of nitrogens with zero attached hydrogens (tertiary/aromatic N) is 3. The summed E-state index contributed by atoms with van der Waals surface area (Å²) in [7, 11) is 0. The molecule has 3 rings (SSSR count). The summed E-state index contributed by atoms with van der Waals surface area (Å²) < 4.78 is 13.2. The number of pyridine rings is 1. The summed E-state index contributed by atoms with van der Waals surface area (Å²) in [4.78, 5) is 24.3. The number of fused-ring (bicyclic) bond motifs is 1. The first-order valence-electron chi connectivity index (χ1n) is 6.43. The number of halogens is 2. The fourth-order valence-electron chi connectivity index (χ4n) is 2.45. The molecule has 0 amide bonds. The highest BCUT2D eigenvalue weighted by Gasteiger charge is 2.21. The van der Waals surface area contributed by atoms with Crippen molar-refractivity contribution in [3.63, 3.8) is 0 Å². The number of nitrogens with two attached hydrogens (primary N) is 1. The molecule has 21 heavy (non-hydrogen) atoms. The molecule has 0 unspecified atom stereocenters. The number of hydrogen-bond acceptors (Lipinski definition) is 5. The van der Waals surface area contributed by atoms with Gasteiger partial charge in [-0.1, -0.05) is 11.6 Å². The monoisotopic (exact) mass is 309 g/mol. The Labute approximate surface area is 124 Å².